The number of nitrogens with zero attached hydrogens (tertiary/aromatic N) is 2. The zero-order valence-electron chi connectivity index (χ0n) is 16.9. The van der Waals surface area contributed by atoms with E-state index in [0.29, 0.717) is 12.5 Å². The maximum Gasteiger partial charge on any atom is 0.409 e. The summed E-state index contributed by atoms with van der Waals surface area (Å²) in [7, 11) is 0. The number of aryl methyl sites for hydroxylation is 2. The first-order chi connectivity index (χ1) is 14.1. The lowest BCUT2D eigenvalue weighted by Crippen LogP contribution is -2.40. The molecule has 1 aromatic carbocycles. The van der Waals surface area contributed by atoms with E-state index in [1.54, 1.807) is 0 Å². The first kappa shape index (κ1) is 20.0. The number of carbonyl (C=O) groups excluding carboxylic acids is 1. The highest BCUT2D eigenvalue weighted by Crippen LogP contribution is 2.43. The Morgan fingerprint density at radius 1 is 1.28 bits per heavy atom. The Hall–Kier alpha value is -2.33. The van der Waals surface area contributed by atoms with Crippen LogP contribution in [0.1, 0.15) is 53.6 Å². The lowest BCUT2D eigenvalue weighted by atomic mass is 9.76. The summed E-state index contributed by atoms with van der Waals surface area (Å²) in [6, 6.07) is 8.50. The van der Waals surface area contributed by atoms with Gasteiger partial charge in [0.05, 0.1) is 12.3 Å². The number of hydrogen-bond acceptors (Lipinski definition) is 3. The van der Waals surface area contributed by atoms with Gasteiger partial charge in [0.1, 0.15) is 0 Å². The van der Waals surface area contributed by atoms with Crippen LogP contribution in [0.25, 0.3) is 6.08 Å². The summed E-state index contributed by atoms with van der Waals surface area (Å²) in [5.41, 5.74) is 6.18. The first-order valence-corrected chi connectivity index (χ1v) is 10.8. The van der Waals surface area contributed by atoms with Gasteiger partial charge in [0, 0.05) is 30.2 Å². The molecule has 0 N–H and O–H groups in total. The lowest BCUT2D eigenvalue weighted by Gasteiger charge is -2.36. The third kappa shape index (κ3) is 4.04. The normalized spacial score (nSPS) is 19.1. The predicted molar refractivity (Wildman–Crippen MR) is 116 cm³/mol. The summed E-state index contributed by atoms with van der Waals surface area (Å²) in [5, 5.41) is 0.783. The van der Waals surface area contributed by atoms with Crippen molar-refractivity contribution in [3.63, 3.8) is 0 Å². The molecule has 4 nitrogen and oxygen atoms in total. The van der Waals surface area contributed by atoms with Crippen LogP contribution in [0.3, 0.4) is 0 Å². The number of piperidine rings is 1. The van der Waals surface area contributed by atoms with Crippen LogP contribution in [0.2, 0.25) is 5.02 Å². The minimum absolute atomic E-state index is 0.201. The van der Waals surface area contributed by atoms with Crippen molar-refractivity contribution in [3.8, 4) is 0 Å². The van der Waals surface area contributed by atoms with E-state index in [0.717, 1.165) is 49.4 Å². The van der Waals surface area contributed by atoms with Gasteiger partial charge in [0.2, 0.25) is 0 Å². The first-order valence-electron chi connectivity index (χ1n) is 10.4. The molecule has 1 atom stereocenters. The second kappa shape index (κ2) is 8.58. The van der Waals surface area contributed by atoms with Crippen molar-refractivity contribution in [1.29, 1.82) is 0 Å². The zero-order valence-corrected chi connectivity index (χ0v) is 17.6. The van der Waals surface area contributed by atoms with E-state index in [1.165, 1.54) is 22.4 Å². The van der Waals surface area contributed by atoms with Crippen molar-refractivity contribution in [3.05, 3.63) is 70.0 Å². The van der Waals surface area contributed by atoms with Gasteiger partial charge in [-0.15, -0.1) is 0 Å². The minimum atomic E-state index is -0.201. The van der Waals surface area contributed by atoms with Crippen LogP contribution in [0.5, 0.6) is 0 Å². The highest BCUT2D eigenvalue weighted by atomic mass is 35.5. The Morgan fingerprint density at radius 2 is 2.03 bits per heavy atom. The number of fused-ring (bicyclic) bond motifs is 2. The van der Waals surface area contributed by atoms with Crippen molar-refractivity contribution < 1.29 is 9.53 Å². The zero-order chi connectivity index (χ0) is 20.4. The Labute approximate surface area is 177 Å². The quantitative estimate of drug-likeness (QED) is 0.673. The minimum Gasteiger partial charge on any atom is -0.450 e. The van der Waals surface area contributed by atoms with Crippen molar-refractivity contribution in [1.82, 2.24) is 9.88 Å². The van der Waals surface area contributed by atoms with Crippen molar-refractivity contribution >= 4 is 23.8 Å². The topological polar surface area (TPSA) is 42.4 Å². The lowest BCUT2D eigenvalue weighted by molar-refractivity contribution is 0.0900. The van der Waals surface area contributed by atoms with Crippen LogP contribution < -0.4 is 0 Å². The summed E-state index contributed by atoms with van der Waals surface area (Å²) in [4.78, 5) is 18.8. The van der Waals surface area contributed by atoms with Crippen LogP contribution in [0.4, 0.5) is 4.79 Å². The number of likely N-dealkylation sites (tertiary alicyclic amines) is 1. The molecule has 1 aliphatic heterocycles. The Kier molecular flexibility index (Phi) is 5.91. The highest BCUT2D eigenvalue weighted by molar-refractivity contribution is 6.30. The number of halogens is 1. The van der Waals surface area contributed by atoms with Gasteiger partial charge in [-0.25, -0.2) is 4.79 Å². The van der Waals surface area contributed by atoms with Crippen molar-refractivity contribution in [2.45, 2.75) is 38.5 Å². The van der Waals surface area contributed by atoms with E-state index in [1.807, 2.05) is 30.2 Å². The molecule has 0 saturated carbocycles. The number of carbonyl (C=O) groups is 1. The summed E-state index contributed by atoms with van der Waals surface area (Å²) in [6.45, 7) is 7.61. The molecule has 2 aliphatic rings. The van der Waals surface area contributed by atoms with E-state index in [2.05, 4.69) is 24.8 Å². The second-order valence-corrected chi connectivity index (χ2v) is 8.30. The number of hydrogen-bond donors (Lipinski definition) is 0. The molecular weight excluding hydrogens is 384 g/mol. The van der Waals surface area contributed by atoms with Gasteiger partial charge >= 0.3 is 6.09 Å². The molecule has 1 saturated heterocycles. The van der Waals surface area contributed by atoms with Crippen LogP contribution >= 0.6 is 11.6 Å². The van der Waals surface area contributed by atoms with Crippen LogP contribution in [0.15, 0.2) is 37.0 Å². The fraction of sp³-hybridized carbons (Fsp3) is 0.417. The van der Waals surface area contributed by atoms with E-state index >= 15 is 0 Å². The molecule has 5 heteroatoms. The number of pyridine rings is 1. The number of benzene rings is 1. The average molecular weight is 411 g/mol. The fourth-order valence-electron chi connectivity index (χ4n) is 4.75. The maximum absolute atomic E-state index is 12.1. The van der Waals surface area contributed by atoms with Gasteiger partial charge in [-0.1, -0.05) is 30.3 Å². The van der Waals surface area contributed by atoms with E-state index in [-0.39, 0.29) is 12.0 Å². The molecule has 1 unspecified atom stereocenters. The number of aromatic nitrogens is 1. The van der Waals surface area contributed by atoms with Gasteiger partial charge in [-0.05, 0) is 79.0 Å². The summed E-state index contributed by atoms with van der Waals surface area (Å²) >= 11 is 6.32. The monoisotopic (exact) mass is 410 g/mol. The van der Waals surface area contributed by atoms with Crippen LogP contribution in [-0.2, 0) is 17.6 Å². The summed E-state index contributed by atoms with van der Waals surface area (Å²) in [6.07, 6.45) is 7.38. The van der Waals surface area contributed by atoms with Crippen LogP contribution in [0, 0.1) is 5.92 Å². The standard InChI is InChI=1S/C24H27ClN2O2/c1-3-16-13-19-6-5-18-14-20(25)7-8-21(18)22(23(19)26-15-16)17-9-11-27(12-10-17)24(28)29-4-2/h3,7-8,13-15,17,22H,1,4-6,9-12H2,2H3. The molecular formula is C24H27ClN2O2. The Balaban J connectivity index is 1.68. The van der Waals surface area contributed by atoms with Gasteiger partial charge in [0.15, 0.2) is 0 Å². The molecule has 0 bridgehead atoms. The highest BCUT2D eigenvalue weighted by Gasteiger charge is 2.35. The third-order valence-electron chi connectivity index (χ3n) is 6.19. The van der Waals surface area contributed by atoms with Gasteiger partial charge in [-0.2, -0.15) is 0 Å². The summed E-state index contributed by atoms with van der Waals surface area (Å²) < 4.78 is 5.18. The van der Waals surface area contributed by atoms with Gasteiger partial charge < -0.3 is 9.64 Å². The number of rotatable bonds is 3. The fourth-order valence-corrected chi connectivity index (χ4v) is 4.94. The molecule has 0 spiro atoms. The van der Waals surface area contributed by atoms with Crippen molar-refractivity contribution in [2.75, 3.05) is 19.7 Å². The smallest absolute Gasteiger partial charge is 0.409 e. The number of ether oxygens (including phenoxy) is 1. The molecule has 4 rings (SSSR count). The molecule has 1 aromatic heterocycles. The maximum atomic E-state index is 12.1. The van der Waals surface area contributed by atoms with E-state index in [9.17, 15) is 4.79 Å². The Bertz CT molecular complexity index is 919. The molecule has 1 fully saturated rings. The molecule has 0 radical (unpaired) electrons. The molecule has 1 amide bonds. The molecule has 29 heavy (non-hydrogen) atoms. The molecule has 2 heterocycles. The third-order valence-corrected chi connectivity index (χ3v) is 6.43. The van der Waals surface area contributed by atoms with Gasteiger partial charge in [-0.3, -0.25) is 4.98 Å². The molecule has 1 aliphatic carbocycles. The Morgan fingerprint density at radius 3 is 2.76 bits per heavy atom. The largest absolute Gasteiger partial charge is 0.450 e. The van der Waals surface area contributed by atoms with Crippen molar-refractivity contribution in [2.24, 2.45) is 5.92 Å². The second-order valence-electron chi connectivity index (χ2n) is 7.86. The molecule has 152 valence electrons. The average Bonchev–Trinajstić information content (AvgIpc) is 2.90. The van der Waals surface area contributed by atoms with Crippen LogP contribution in [-0.4, -0.2) is 35.7 Å². The SMILES string of the molecule is C=Cc1cnc2c(c1)CCc1cc(Cl)ccc1C2C1CCN(C(=O)OCC)CC1. The summed E-state index contributed by atoms with van der Waals surface area (Å²) in [5.74, 6) is 0.655. The van der Waals surface area contributed by atoms with Gasteiger partial charge in [0.25, 0.3) is 0 Å². The molecule has 2 aromatic rings. The van der Waals surface area contributed by atoms with E-state index < -0.39 is 0 Å². The number of amides is 1. The van der Waals surface area contributed by atoms with E-state index in [4.69, 9.17) is 21.3 Å². The predicted octanol–water partition coefficient (Wildman–Crippen LogP) is 5.48.